The number of amides is 2. The van der Waals surface area contributed by atoms with Crippen LogP contribution in [0.15, 0.2) is 78.9 Å². The third-order valence-corrected chi connectivity index (χ3v) is 8.10. The molecule has 5 rings (SSSR count). The monoisotopic (exact) mass is 557 g/mol. The zero-order valence-electron chi connectivity index (χ0n) is 22.8. The van der Waals surface area contributed by atoms with Crippen LogP contribution in [0.2, 0.25) is 0 Å². The minimum atomic E-state index is -1.35. The van der Waals surface area contributed by atoms with Crippen molar-refractivity contribution in [2.24, 2.45) is 0 Å². The van der Waals surface area contributed by atoms with Gasteiger partial charge in [-0.05, 0) is 40.7 Å². The molecular formula is C32H35N3O6. The molecule has 1 heterocycles. The first-order valence-electron chi connectivity index (χ1n) is 13.9. The molecule has 1 saturated heterocycles. The maximum Gasteiger partial charge on any atom is 0.408 e. The van der Waals surface area contributed by atoms with Gasteiger partial charge in [-0.15, -0.1) is 0 Å². The summed E-state index contributed by atoms with van der Waals surface area (Å²) in [6.45, 7) is 1.44. The lowest BCUT2D eigenvalue weighted by atomic mass is 9.86. The molecule has 0 radical (unpaired) electrons. The summed E-state index contributed by atoms with van der Waals surface area (Å²) in [6.07, 6.45) is -0.308. The Kier molecular flexibility index (Phi) is 8.66. The van der Waals surface area contributed by atoms with E-state index in [1.165, 1.54) is 0 Å². The van der Waals surface area contributed by atoms with Crippen LogP contribution in [0.5, 0.6) is 0 Å². The molecule has 0 spiro atoms. The third-order valence-electron chi connectivity index (χ3n) is 8.10. The van der Waals surface area contributed by atoms with Crippen LogP contribution >= 0.6 is 0 Å². The molecule has 3 aromatic carbocycles. The molecule has 1 fully saturated rings. The normalized spacial score (nSPS) is 16.7. The van der Waals surface area contributed by atoms with Gasteiger partial charge in [0.25, 0.3) is 0 Å². The summed E-state index contributed by atoms with van der Waals surface area (Å²) in [5, 5.41) is 24.2. The fourth-order valence-electron chi connectivity index (χ4n) is 5.86. The number of aliphatic hydroxyl groups is 1. The summed E-state index contributed by atoms with van der Waals surface area (Å²) in [4.78, 5) is 40.7. The van der Waals surface area contributed by atoms with Crippen molar-refractivity contribution in [3.63, 3.8) is 0 Å². The van der Waals surface area contributed by atoms with Crippen LogP contribution in [0.3, 0.4) is 0 Å². The van der Waals surface area contributed by atoms with E-state index in [1.807, 2.05) is 66.7 Å². The lowest BCUT2D eigenvalue weighted by Gasteiger charge is -2.41. The summed E-state index contributed by atoms with van der Waals surface area (Å²) in [5.41, 5.74) is 4.18. The highest BCUT2D eigenvalue weighted by Gasteiger charge is 2.44. The summed E-state index contributed by atoms with van der Waals surface area (Å²) < 4.78 is 5.74. The smallest absolute Gasteiger partial charge is 0.408 e. The molecule has 41 heavy (non-hydrogen) atoms. The molecule has 2 aliphatic rings. The van der Waals surface area contributed by atoms with Crippen LogP contribution in [0, 0.1) is 0 Å². The Labute approximate surface area is 239 Å². The largest absolute Gasteiger partial charge is 0.480 e. The van der Waals surface area contributed by atoms with Gasteiger partial charge in [0.05, 0.1) is 0 Å². The van der Waals surface area contributed by atoms with Gasteiger partial charge < -0.3 is 25.6 Å². The highest BCUT2D eigenvalue weighted by molar-refractivity contribution is 5.93. The number of fused-ring (bicyclic) bond motifs is 3. The molecule has 0 aromatic heterocycles. The molecule has 9 nitrogen and oxygen atoms in total. The molecule has 3 aromatic rings. The quantitative estimate of drug-likeness (QED) is 0.300. The van der Waals surface area contributed by atoms with Crippen LogP contribution in [0.4, 0.5) is 4.79 Å². The van der Waals surface area contributed by atoms with E-state index < -0.39 is 36.2 Å². The van der Waals surface area contributed by atoms with Crippen molar-refractivity contribution in [2.45, 2.75) is 43.3 Å². The fourth-order valence-corrected chi connectivity index (χ4v) is 5.86. The van der Waals surface area contributed by atoms with Crippen LogP contribution in [0.1, 0.15) is 41.9 Å². The van der Waals surface area contributed by atoms with E-state index in [0.29, 0.717) is 19.6 Å². The number of alkyl carbamates (subject to hydrolysis) is 1. The number of aliphatic carboxylic acids is 1. The van der Waals surface area contributed by atoms with Gasteiger partial charge in [0.1, 0.15) is 18.2 Å². The molecule has 214 valence electrons. The SMILES string of the molecule is O=C(NC1(C(=O)N[C@H](CCO)C(=O)O)CCN(Cc2ccccc2)CC1)OCC1c2ccccc2-c2ccccc21. The molecule has 1 aliphatic heterocycles. The Bertz CT molecular complexity index is 1340. The van der Waals surface area contributed by atoms with E-state index in [1.54, 1.807) is 0 Å². The van der Waals surface area contributed by atoms with E-state index in [0.717, 1.165) is 27.8 Å². The number of carboxylic acid groups (broad SMARTS) is 1. The number of carboxylic acids is 1. The lowest BCUT2D eigenvalue weighted by Crippen LogP contribution is -2.65. The maximum absolute atomic E-state index is 13.6. The molecule has 4 N–H and O–H groups in total. The van der Waals surface area contributed by atoms with Gasteiger partial charge in [0.2, 0.25) is 5.91 Å². The molecular weight excluding hydrogens is 522 g/mol. The Morgan fingerprint density at radius 3 is 2.07 bits per heavy atom. The molecule has 0 saturated carbocycles. The van der Waals surface area contributed by atoms with Crippen molar-refractivity contribution in [2.75, 3.05) is 26.3 Å². The average Bonchev–Trinajstić information content (AvgIpc) is 3.31. The number of carbonyl (C=O) groups excluding carboxylic acids is 2. The van der Waals surface area contributed by atoms with Crippen molar-refractivity contribution in [3.05, 3.63) is 95.6 Å². The molecule has 1 aliphatic carbocycles. The Hall–Kier alpha value is -4.21. The van der Waals surface area contributed by atoms with E-state index in [2.05, 4.69) is 27.7 Å². The average molecular weight is 558 g/mol. The van der Waals surface area contributed by atoms with Crippen LogP contribution in [-0.4, -0.2) is 71.0 Å². The number of piperidine rings is 1. The van der Waals surface area contributed by atoms with E-state index in [9.17, 15) is 24.6 Å². The van der Waals surface area contributed by atoms with Crippen molar-refractivity contribution in [1.29, 1.82) is 0 Å². The summed E-state index contributed by atoms with van der Waals surface area (Å²) >= 11 is 0. The van der Waals surface area contributed by atoms with E-state index >= 15 is 0 Å². The van der Waals surface area contributed by atoms with Gasteiger partial charge in [-0.3, -0.25) is 9.69 Å². The van der Waals surface area contributed by atoms with Crippen LogP contribution in [-0.2, 0) is 20.9 Å². The number of hydrogen-bond donors (Lipinski definition) is 4. The van der Waals surface area contributed by atoms with Crippen molar-refractivity contribution < 1.29 is 29.3 Å². The zero-order valence-corrected chi connectivity index (χ0v) is 22.8. The van der Waals surface area contributed by atoms with Crippen molar-refractivity contribution in [1.82, 2.24) is 15.5 Å². The second-order valence-corrected chi connectivity index (χ2v) is 10.7. The molecule has 9 heteroatoms. The zero-order chi connectivity index (χ0) is 28.8. The van der Waals surface area contributed by atoms with Crippen molar-refractivity contribution >= 4 is 18.0 Å². The van der Waals surface area contributed by atoms with Crippen molar-refractivity contribution in [3.8, 4) is 11.1 Å². The highest BCUT2D eigenvalue weighted by Crippen LogP contribution is 2.44. The first kappa shape index (κ1) is 28.3. The highest BCUT2D eigenvalue weighted by atomic mass is 16.5. The number of likely N-dealkylation sites (tertiary alicyclic amines) is 1. The second kappa shape index (κ2) is 12.5. The fraction of sp³-hybridized carbons (Fsp3) is 0.344. The van der Waals surface area contributed by atoms with Crippen LogP contribution < -0.4 is 10.6 Å². The number of benzene rings is 3. The van der Waals surface area contributed by atoms with E-state index in [4.69, 9.17) is 4.74 Å². The Morgan fingerprint density at radius 2 is 1.49 bits per heavy atom. The lowest BCUT2D eigenvalue weighted by molar-refractivity contribution is -0.143. The number of aliphatic hydroxyl groups excluding tert-OH is 1. The van der Waals surface area contributed by atoms with Gasteiger partial charge in [-0.2, -0.15) is 0 Å². The minimum absolute atomic E-state index is 0.0972. The van der Waals surface area contributed by atoms with Gasteiger partial charge in [-0.1, -0.05) is 78.9 Å². The summed E-state index contributed by atoms with van der Waals surface area (Å²) in [5.74, 6) is -1.97. The van der Waals surface area contributed by atoms with Gasteiger partial charge in [0.15, 0.2) is 0 Å². The standard InChI is InChI=1S/C32H35N3O6/c36-19-14-28(29(37)38)33-30(39)32(15-17-35(18-16-32)20-22-8-2-1-3-9-22)34-31(40)41-21-27-25-12-6-4-10-23(25)24-11-5-7-13-26(24)27/h1-13,27-28,36H,14-21H2,(H,33,39)(H,34,40)(H,37,38)/t28-/m1/s1. The minimum Gasteiger partial charge on any atom is -0.480 e. The maximum atomic E-state index is 13.6. The van der Waals surface area contributed by atoms with Gasteiger partial charge in [0, 0.05) is 38.6 Å². The number of nitrogens with one attached hydrogen (secondary N) is 2. The molecule has 2 amide bonds. The summed E-state index contributed by atoms with van der Waals surface area (Å²) in [6, 6.07) is 24.8. The van der Waals surface area contributed by atoms with Crippen LogP contribution in [0.25, 0.3) is 11.1 Å². The topological polar surface area (TPSA) is 128 Å². The summed E-state index contributed by atoms with van der Waals surface area (Å²) in [7, 11) is 0. The number of hydrogen-bond acceptors (Lipinski definition) is 6. The number of ether oxygens (including phenoxy) is 1. The first-order valence-corrected chi connectivity index (χ1v) is 13.9. The Morgan fingerprint density at radius 1 is 0.902 bits per heavy atom. The number of carbonyl (C=O) groups is 3. The predicted molar refractivity (Wildman–Crippen MR) is 153 cm³/mol. The molecule has 0 bridgehead atoms. The number of nitrogens with zero attached hydrogens (tertiary/aromatic N) is 1. The predicted octanol–water partition coefficient (Wildman–Crippen LogP) is 3.51. The van der Waals surface area contributed by atoms with E-state index in [-0.39, 0.29) is 31.8 Å². The number of rotatable bonds is 10. The molecule has 0 unspecified atom stereocenters. The first-order chi connectivity index (χ1) is 19.9. The third kappa shape index (κ3) is 6.26. The Balaban J connectivity index is 1.29. The van der Waals surface area contributed by atoms with Gasteiger partial charge >= 0.3 is 12.1 Å². The second-order valence-electron chi connectivity index (χ2n) is 10.7. The van der Waals surface area contributed by atoms with Gasteiger partial charge in [-0.25, -0.2) is 9.59 Å². The molecule has 1 atom stereocenters.